The molecule has 6 heteroatoms. The number of likely N-dealkylation sites (tertiary alicyclic amines) is 1. The standard InChI is InChI=1S/C25H30N2O4/c1-4-19-20-14-16(2)8-9-21(20)26-24(19)25(29)27-12-10-22(28)23(11-13-27)31-18-7-5-6-17(15-18)30-3/h5-9,14-15,22-23,26,28H,4,10-13H2,1-3H3/t22-,23-/m0/s1. The summed E-state index contributed by atoms with van der Waals surface area (Å²) in [4.78, 5) is 18.6. The third kappa shape index (κ3) is 4.39. The molecule has 1 aliphatic rings. The van der Waals surface area contributed by atoms with Crippen molar-refractivity contribution in [3.05, 3.63) is 59.3 Å². The Balaban J connectivity index is 1.51. The number of aromatic nitrogens is 1. The second-order valence-electron chi connectivity index (χ2n) is 8.15. The molecule has 1 saturated heterocycles. The van der Waals surface area contributed by atoms with E-state index in [1.807, 2.05) is 29.2 Å². The summed E-state index contributed by atoms with van der Waals surface area (Å²) in [6.07, 6.45) is 0.801. The van der Waals surface area contributed by atoms with E-state index in [-0.39, 0.29) is 12.0 Å². The molecule has 2 N–H and O–H groups in total. The first-order chi connectivity index (χ1) is 15.0. The summed E-state index contributed by atoms with van der Waals surface area (Å²) in [7, 11) is 1.61. The molecule has 1 aromatic heterocycles. The quantitative estimate of drug-likeness (QED) is 0.649. The van der Waals surface area contributed by atoms with Crippen molar-refractivity contribution in [2.75, 3.05) is 20.2 Å². The fourth-order valence-electron chi connectivity index (χ4n) is 4.32. The number of hydrogen-bond donors (Lipinski definition) is 2. The number of nitrogens with zero attached hydrogens (tertiary/aromatic N) is 1. The van der Waals surface area contributed by atoms with Gasteiger partial charge in [-0.1, -0.05) is 24.6 Å². The van der Waals surface area contributed by atoms with Gasteiger partial charge >= 0.3 is 0 Å². The van der Waals surface area contributed by atoms with E-state index in [4.69, 9.17) is 9.47 Å². The summed E-state index contributed by atoms with van der Waals surface area (Å²) in [5, 5.41) is 11.8. The van der Waals surface area contributed by atoms with E-state index < -0.39 is 6.10 Å². The molecule has 0 radical (unpaired) electrons. The maximum absolute atomic E-state index is 13.4. The van der Waals surface area contributed by atoms with Gasteiger partial charge in [0.2, 0.25) is 0 Å². The van der Waals surface area contributed by atoms with Gasteiger partial charge in [-0.2, -0.15) is 0 Å². The topological polar surface area (TPSA) is 74.8 Å². The molecule has 2 heterocycles. The number of ether oxygens (including phenoxy) is 2. The fraction of sp³-hybridized carbons (Fsp3) is 0.400. The van der Waals surface area contributed by atoms with Crippen molar-refractivity contribution in [3.63, 3.8) is 0 Å². The van der Waals surface area contributed by atoms with Crippen molar-refractivity contribution in [2.24, 2.45) is 0 Å². The number of aliphatic hydroxyl groups excluding tert-OH is 1. The Morgan fingerprint density at radius 2 is 1.94 bits per heavy atom. The van der Waals surface area contributed by atoms with Gasteiger partial charge in [0, 0.05) is 36.5 Å². The van der Waals surface area contributed by atoms with Gasteiger partial charge in [-0.05, 0) is 49.6 Å². The first kappa shape index (κ1) is 21.2. The number of aryl methyl sites for hydroxylation is 2. The number of benzene rings is 2. The van der Waals surface area contributed by atoms with Crippen LogP contribution in [-0.2, 0) is 6.42 Å². The first-order valence-corrected chi connectivity index (χ1v) is 10.9. The van der Waals surface area contributed by atoms with Crippen molar-refractivity contribution in [3.8, 4) is 11.5 Å². The Kier molecular flexibility index (Phi) is 6.18. The molecule has 0 aliphatic carbocycles. The molecule has 0 spiro atoms. The zero-order valence-electron chi connectivity index (χ0n) is 18.4. The first-order valence-electron chi connectivity index (χ1n) is 10.9. The van der Waals surface area contributed by atoms with Gasteiger partial charge < -0.3 is 24.5 Å². The van der Waals surface area contributed by atoms with E-state index >= 15 is 0 Å². The van der Waals surface area contributed by atoms with Gasteiger partial charge in [-0.3, -0.25) is 4.79 Å². The number of fused-ring (bicyclic) bond motifs is 1. The fourth-order valence-corrected chi connectivity index (χ4v) is 4.32. The molecule has 2 atom stereocenters. The molecule has 6 nitrogen and oxygen atoms in total. The van der Waals surface area contributed by atoms with Crippen LogP contribution in [0.3, 0.4) is 0 Å². The Hall–Kier alpha value is -2.99. The zero-order valence-corrected chi connectivity index (χ0v) is 18.4. The normalized spacial score (nSPS) is 19.3. The van der Waals surface area contributed by atoms with Gasteiger partial charge in [0.25, 0.3) is 5.91 Å². The Morgan fingerprint density at radius 1 is 1.16 bits per heavy atom. The maximum atomic E-state index is 13.4. The highest BCUT2D eigenvalue weighted by Crippen LogP contribution is 2.27. The molecule has 2 aromatic carbocycles. The van der Waals surface area contributed by atoms with Gasteiger partial charge in [-0.25, -0.2) is 0 Å². The van der Waals surface area contributed by atoms with Crippen molar-refractivity contribution >= 4 is 16.8 Å². The average molecular weight is 423 g/mol. The van der Waals surface area contributed by atoms with Crippen molar-refractivity contribution in [1.29, 1.82) is 0 Å². The van der Waals surface area contributed by atoms with E-state index in [9.17, 15) is 9.90 Å². The summed E-state index contributed by atoms with van der Waals surface area (Å²) in [6.45, 7) is 5.16. The number of aliphatic hydroxyl groups is 1. The number of amides is 1. The van der Waals surface area contributed by atoms with E-state index in [0.717, 1.165) is 22.9 Å². The summed E-state index contributed by atoms with van der Waals surface area (Å²) in [6, 6.07) is 13.6. The highest BCUT2D eigenvalue weighted by Gasteiger charge is 2.30. The van der Waals surface area contributed by atoms with Crippen LogP contribution < -0.4 is 9.47 Å². The minimum absolute atomic E-state index is 0.0140. The molecule has 4 rings (SSSR count). The van der Waals surface area contributed by atoms with Crippen LogP contribution >= 0.6 is 0 Å². The van der Waals surface area contributed by atoms with Crippen LogP contribution in [-0.4, -0.2) is 53.3 Å². The van der Waals surface area contributed by atoms with Crippen molar-refractivity contribution < 1.29 is 19.4 Å². The number of nitrogens with one attached hydrogen (secondary N) is 1. The number of carbonyl (C=O) groups excluding carboxylic acids is 1. The Morgan fingerprint density at radius 3 is 2.71 bits per heavy atom. The predicted octanol–water partition coefficient (Wildman–Crippen LogP) is 4.09. The summed E-state index contributed by atoms with van der Waals surface area (Å²) in [5.41, 5.74) is 3.87. The van der Waals surface area contributed by atoms with Gasteiger partial charge in [-0.15, -0.1) is 0 Å². The number of aromatic amines is 1. The lowest BCUT2D eigenvalue weighted by atomic mass is 10.1. The highest BCUT2D eigenvalue weighted by molar-refractivity contribution is 6.01. The van der Waals surface area contributed by atoms with Crippen LogP contribution in [0.4, 0.5) is 0 Å². The van der Waals surface area contributed by atoms with Gasteiger partial charge in [0.15, 0.2) is 0 Å². The van der Waals surface area contributed by atoms with Crippen LogP contribution in [0.1, 0.15) is 41.4 Å². The van der Waals surface area contributed by atoms with Crippen LogP contribution in [0.25, 0.3) is 10.9 Å². The van der Waals surface area contributed by atoms with E-state index in [2.05, 4.69) is 31.0 Å². The van der Waals surface area contributed by atoms with Gasteiger partial charge in [0.1, 0.15) is 23.3 Å². The lowest BCUT2D eigenvalue weighted by Gasteiger charge is -2.22. The van der Waals surface area contributed by atoms with Crippen molar-refractivity contribution in [2.45, 2.75) is 45.3 Å². The largest absolute Gasteiger partial charge is 0.497 e. The lowest BCUT2D eigenvalue weighted by Crippen LogP contribution is -2.33. The zero-order chi connectivity index (χ0) is 22.0. The molecule has 164 valence electrons. The van der Waals surface area contributed by atoms with Crippen LogP contribution in [0, 0.1) is 6.92 Å². The molecule has 3 aromatic rings. The lowest BCUT2D eigenvalue weighted by molar-refractivity contribution is 0.0349. The Bertz CT molecular complexity index is 1070. The number of methoxy groups -OCH3 is 1. The molecule has 1 amide bonds. The third-order valence-corrected chi connectivity index (χ3v) is 6.05. The monoisotopic (exact) mass is 422 g/mol. The molecule has 1 fully saturated rings. The van der Waals surface area contributed by atoms with Crippen molar-refractivity contribution in [1.82, 2.24) is 9.88 Å². The number of carbonyl (C=O) groups is 1. The third-order valence-electron chi connectivity index (χ3n) is 6.05. The highest BCUT2D eigenvalue weighted by atomic mass is 16.5. The second kappa shape index (κ2) is 9.02. The molecule has 0 saturated carbocycles. The van der Waals surface area contributed by atoms with Crippen LogP contribution in [0.2, 0.25) is 0 Å². The maximum Gasteiger partial charge on any atom is 0.270 e. The van der Waals surface area contributed by atoms with Crippen LogP contribution in [0.5, 0.6) is 11.5 Å². The van der Waals surface area contributed by atoms with Crippen LogP contribution in [0.15, 0.2) is 42.5 Å². The van der Waals surface area contributed by atoms with E-state index in [0.29, 0.717) is 43.1 Å². The second-order valence-corrected chi connectivity index (χ2v) is 8.15. The van der Waals surface area contributed by atoms with E-state index in [1.165, 1.54) is 5.56 Å². The summed E-state index contributed by atoms with van der Waals surface area (Å²) >= 11 is 0. The SMILES string of the molecule is CCc1c(C(=O)N2CC[C@H](Oc3cccc(OC)c3)[C@@H](O)CC2)[nH]c2ccc(C)cc12. The summed E-state index contributed by atoms with van der Waals surface area (Å²) in [5.74, 6) is 1.35. The molecular formula is C25H30N2O4. The molecule has 0 bridgehead atoms. The predicted molar refractivity (Wildman–Crippen MR) is 121 cm³/mol. The number of hydrogen-bond acceptors (Lipinski definition) is 4. The van der Waals surface area contributed by atoms with Gasteiger partial charge in [0.05, 0.1) is 13.2 Å². The minimum atomic E-state index is -0.639. The molecule has 1 aliphatic heterocycles. The van der Waals surface area contributed by atoms with E-state index in [1.54, 1.807) is 13.2 Å². The minimum Gasteiger partial charge on any atom is -0.497 e. The molecule has 0 unspecified atom stereocenters. The summed E-state index contributed by atoms with van der Waals surface area (Å²) < 4.78 is 11.3. The number of H-pyrrole nitrogens is 1. The molecular weight excluding hydrogens is 392 g/mol. The number of rotatable bonds is 5. The molecule has 31 heavy (non-hydrogen) atoms. The smallest absolute Gasteiger partial charge is 0.270 e. The Labute approximate surface area is 182 Å². The average Bonchev–Trinajstić information content (AvgIpc) is 3.05.